The Morgan fingerprint density at radius 1 is 1.27 bits per heavy atom. The molecule has 0 saturated heterocycles. The summed E-state index contributed by atoms with van der Waals surface area (Å²) < 4.78 is 1.98. The van der Waals surface area contributed by atoms with Crippen molar-refractivity contribution in [2.75, 3.05) is 24.2 Å². The van der Waals surface area contributed by atoms with Crippen molar-refractivity contribution in [3.05, 3.63) is 42.2 Å². The predicted octanol–water partition coefficient (Wildman–Crippen LogP) is 3.30. The Labute approximate surface area is 152 Å². The quantitative estimate of drug-likeness (QED) is 0.575. The molecule has 26 heavy (non-hydrogen) atoms. The van der Waals surface area contributed by atoms with Crippen LogP contribution < -0.4 is 10.6 Å². The average molecular weight is 353 g/mol. The lowest BCUT2D eigenvalue weighted by molar-refractivity contribution is -0.136. The third-order valence-electron chi connectivity index (χ3n) is 4.13. The van der Waals surface area contributed by atoms with Gasteiger partial charge in [-0.2, -0.15) is 4.98 Å². The van der Waals surface area contributed by atoms with Crippen LogP contribution >= 0.6 is 0 Å². The predicted molar refractivity (Wildman–Crippen MR) is 103 cm³/mol. The number of nitrogens with zero attached hydrogens (tertiary/aromatic N) is 3. The van der Waals surface area contributed by atoms with Crippen LogP contribution in [-0.2, 0) is 11.2 Å². The van der Waals surface area contributed by atoms with Crippen LogP contribution in [0.1, 0.15) is 25.3 Å². The zero-order valence-electron chi connectivity index (χ0n) is 15.0. The van der Waals surface area contributed by atoms with E-state index in [4.69, 9.17) is 5.11 Å². The number of nitrogens with one attached hydrogen (secondary N) is 2. The lowest BCUT2D eigenvalue weighted by atomic mass is 10.2. The Hall–Kier alpha value is -3.09. The zero-order chi connectivity index (χ0) is 18.5. The van der Waals surface area contributed by atoms with E-state index in [9.17, 15) is 4.79 Å². The van der Waals surface area contributed by atoms with Crippen molar-refractivity contribution in [3.63, 3.8) is 0 Å². The van der Waals surface area contributed by atoms with Crippen LogP contribution in [0.3, 0.4) is 0 Å². The van der Waals surface area contributed by atoms with E-state index in [1.165, 1.54) is 0 Å². The van der Waals surface area contributed by atoms with Crippen LogP contribution in [0.15, 0.2) is 36.7 Å². The Bertz CT molecular complexity index is 919. The number of anilines is 2. The summed E-state index contributed by atoms with van der Waals surface area (Å²) in [6, 6.07) is 7.98. The fraction of sp³-hybridized carbons (Fsp3) is 0.316. The molecule has 7 heteroatoms. The number of hydrogen-bond donors (Lipinski definition) is 3. The number of benzene rings is 1. The number of hydrogen-bond acceptors (Lipinski definition) is 5. The normalized spacial score (nSPS) is 10.8. The standard InChI is InChI=1S/C19H23N5O2/c1-3-9-21-18-15-6-5-14(11-16(15)22-19(20-2)23-18)24-10-8-13(12-24)4-7-17(25)26/h5-6,8,10-12H,3-4,7,9H2,1-2H3,(H,25,26)(H2,20,21,22,23). The van der Waals surface area contributed by atoms with E-state index in [0.717, 1.165) is 40.9 Å². The highest BCUT2D eigenvalue weighted by atomic mass is 16.4. The maximum atomic E-state index is 10.7. The molecule has 0 amide bonds. The first-order chi connectivity index (χ1) is 12.6. The molecule has 1 aromatic carbocycles. The van der Waals surface area contributed by atoms with Crippen molar-refractivity contribution in [1.82, 2.24) is 14.5 Å². The maximum Gasteiger partial charge on any atom is 0.303 e. The SMILES string of the molecule is CCCNc1nc(NC)nc2cc(-n3ccc(CCC(=O)O)c3)ccc12. The zero-order valence-corrected chi connectivity index (χ0v) is 15.0. The summed E-state index contributed by atoms with van der Waals surface area (Å²) in [5.74, 6) is 0.608. The molecule has 0 atom stereocenters. The van der Waals surface area contributed by atoms with Crippen LogP contribution in [0, 0.1) is 0 Å². The molecule has 0 aliphatic heterocycles. The molecule has 3 rings (SSSR count). The molecule has 3 aromatic rings. The Morgan fingerprint density at radius 3 is 2.85 bits per heavy atom. The summed E-state index contributed by atoms with van der Waals surface area (Å²) in [5, 5.41) is 16.1. The van der Waals surface area contributed by atoms with Crippen molar-refractivity contribution in [3.8, 4) is 5.69 Å². The second-order valence-electron chi connectivity index (χ2n) is 6.09. The van der Waals surface area contributed by atoms with E-state index in [0.29, 0.717) is 12.4 Å². The van der Waals surface area contributed by atoms with Gasteiger partial charge in [-0.05, 0) is 42.7 Å². The first-order valence-corrected chi connectivity index (χ1v) is 8.73. The Morgan fingerprint density at radius 2 is 2.12 bits per heavy atom. The Balaban J connectivity index is 1.94. The van der Waals surface area contributed by atoms with E-state index in [1.807, 2.05) is 41.2 Å². The summed E-state index contributed by atoms with van der Waals surface area (Å²) in [7, 11) is 1.80. The molecule has 136 valence electrons. The number of aromatic nitrogens is 3. The van der Waals surface area contributed by atoms with E-state index < -0.39 is 5.97 Å². The van der Waals surface area contributed by atoms with E-state index >= 15 is 0 Å². The molecule has 0 fully saturated rings. The molecule has 7 nitrogen and oxygen atoms in total. The van der Waals surface area contributed by atoms with Crippen LogP contribution in [0.4, 0.5) is 11.8 Å². The lowest BCUT2D eigenvalue weighted by Gasteiger charge is -2.11. The minimum atomic E-state index is -0.785. The second-order valence-corrected chi connectivity index (χ2v) is 6.09. The highest BCUT2D eigenvalue weighted by Gasteiger charge is 2.09. The second kappa shape index (κ2) is 7.86. The van der Waals surface area contributed by atoms with Gasteiger partial charge < -0.3 is 20.3 Å². The topological polar surface area (TPSA) is 92.1 Å². The number of aryl methyl sites for hydroxylation is 1. The minimum absolute atomic E-state index is 0.132. The third kappa shape index (κ3) is 3.93. The maximum absolute atomic E-state index is 10.7. The molecule has 2 heterocycles. The lowest BCUT2D eigenvalue weighted by Crippen LogP contribution is -2.06. The van der Waals surface area contributed by atoms with Crippen molar-refractivity contribution < 1.29 is 9.90 Å². The average Bonchev–Trinajstić information content (AvgIpc) is 3.12. The molecule has 0 bridgehead atoms. The summed E-state index contributed by atoms with van der Waals surface area (Å²) in [5.41, 5.74) is 2.82. The molecule has 0 aliphatic rings. The Kier molecular flexibility index (Phi) is 5.36. The summed E-state index contributed by atoms with van der Waals surface area (Å²) in [6.07, 6.45) is 5.57. The van der Waals surface area contributed by atoms with Gasteiger partial charge in [0.25, 0.3) is 0 Å². The first-order valence-electron chi connectivity index (χ1n) is 8.73. The van der Waals surface area contributed by atoms with Gasteiger partial charge in [-0.1, -0.05) is 6.92 Å². The molecular formula is C19H23N5O2. The fourth-order valence-electron chi connectivity index (χ4n) is 2.77. The van der Waals surface area contributed by atoms with Gasteiger partial charge in [0.15, 0.2) is 0 Å². The van der Waals surface area contributed by atoms with Crippen LogP contribution in [0.25, 0.3) is 16.6 Å². The van der Waals surface area contributed by atoms with Crippen LogP contribution in [0.2, 0.25) is 0 Å². The molecule has 0 radical (unpaired) electrons. The minimum Gasteiger partial charge on any atom is -0.481 e. The van der Waals surface area contributed by atoms with Gasteiger partial charge in [0, 0.05) is 43.5 Å². The molecule has 0 saturated carbocycles. The number of aliphatic carboxylic acids is 1. The number of fused-ring (bicyclic) bond motifs is 1. The van der Waals surface area contributed by atoms with Gasteiger partial charge in [-0.25, -0.2) is 4.98 Å². The van der Waals surface area contributed by atoms with Crippen molar-refractivity contribution in [2.24, 2.45) is 0 Å². The van der Waals surface area contributed by atoms with Crippen molar-refractivity contribution in [1.29, 1.82) is 0 Å². The largest absolute Gasteiger partial charge is 0.481 e. The van der Waals surface area contributed by atoms with Gasteiger partial charge in [0.2, 0.25) is 5.95 Å². The number of carboxylic acids is 1. The molecule has 2 aromatic heterocycles. The number of rotatable bonds is 8. The highest BCUT2D eigenvalue weighted by molar-refractivity contribution is 5.91. The van der Waals surface area contributed by atoms with Gasteiger partial charge >= 0.3 is 5.97 Å². The third-order valence-corrected chi connectivity index (χ3v) is 4.13. The fourth-order valence-corrected chi connectivity index (χ4v) is 2.77. The highest BCUT2D eigenvalue weighted by Crippen LogP contribution is 2.25. The van der Waals surface area contributed by atoms with Gasteiger partial charge in [0.05, 0.1) is 5.52 Å². The molecule has 3 N–H and O–H groups in total. The monoisotopic (exact) mass is 353 g/mol. The van der Waals surface area contributed by atoms with Gasteiger partial charge in [-0.3, -0.25) is 4.79 Å². The first kappa shape index (κ1) is 17.7. The van der Waals surface area contributed by atoms with Crippen LogP contribution in [0.5, 0.6) is 0 Å². The van der Waals surface area contributed by atoms with Crippen molar-refractivity contribution >= 4 is 28.6 Å². The number of carbonyl (C=O) groups is 1. The van der Waals surface area contributed by atoms with Crippen molar-refractivity contribution in [2.45, 2.75) is 26.2 Å². The molecule has 0 spiro atoms. The van der Waals surface area contributed by atoms with E-state index in [2.05, 4.69) is 27.5 Å². The summed E-state index contributed by atoms with van der Waals surface area (Å²) in [4.78, 5) is 19.8. The summed E-state index contributed by atoms with van der Waals surface area (Å²) in [6.45, 7) is 2.96. The molecular weight excluding hydrogens is 330 g/mol. The van der Waals surface area contributed by atoms with E-state index in [-0.39, 0.29) is 6.42 Å². The van der Waals surface area contributed by atoms with E-state index in [1.54, 1.807) is 7.05 Å². The molecule has 0 unspecified atom stereocenters. The smallest absolute Gasteiger partial charge is 0.303 e. The summed E-state index contributed by atoms with van der Waals surface area (Å²) >= 11 is 0. The van der Waals surface area contributed by atoms with Gasteiger partial charge in [-0.15, -0.1) is 0 Å². The van der Waals surface area contributed by atoms with Crippen LogP contribution in [-0.4, -0.2) is 39.2 Å². The van der Waals surface area contributed by atoms with Gasteiger partial charge in [0.1, 0.15) is 5.82 Å². The number of carboxylic acid groups (broad SMARTS) is 1. The molecule has 0 aliphatic carbocycles.